The van der Waals surface area contributed by atoms with Crippen molar-refractivity contribution in [3.05, 3.63) is 60.2 Å². The van der Waals surface area contributed by atoms with E-state index in [1.165, 1.54) is 16.3 Å². The van der Waals surface area contributed by atoms with E-state index in [2.05, 4.69) is 64.8 Å². The van der Waals surface area contributed by atoms with Crippen LogP contribution in [0, 0.1) is 0 Å². The van der Waals surface area contributed by atoms with Crippen LogP contribution in [0.5, 0.6) is 0 Å². The highest BCUT2D eigenvalue weighted by Gasteiger charge is 2.21. The van der Waals surface area contributed by atoms with Crippen molar-refractivity contribution < 1.29 is 0 Å². The maximum Gasteiger partial charge on any atom is 0.138 e. The van der Waals surface area contributed by atoms with Gasteiger partial charge in [0.1, 0.15) is 12.2 Å². The number of rotatable bonds is 3. The molecule has 3 aromatic rings. The monoisotopic (exact) mass is 292 g/mol. The lowest BCUT2D eigenvalue weighted by molar-refractivity contribution is 0.335. The van der Waals surface area contributed by atoms with Gasteiger partial charge in [-0.2, -0.15) is 5.10 Å². The maximum atomic E-state index is 4.30. The van der Waals surface area contributed by atoms with Crippen molar-refractivity contribution in [2.45, 2.75) is 38.4 Å². The molecule has 112 valence electrons. The average molecular weight is 292 g/mol. The first kappa shape index (κ1) is 13.5. The van der Waals surface area contributed by atoms with Gasteiger partial charge in [-0.3, -0.25) is 0 Å². The van der Waals surface area contributed by atoms with E-state index < -0.39 is 0 Å². The normalized spacial score (nSPS) is 19.0. The first-order valence-electron chi connectivity index (χ1n) is 7.91. The van der Waals surface area contributed by atoms with Crippen molar-refractivity contribution in [2.75, 3.05) is 0 Å². The Hall–Kier alpha value is -2.20. The Morgan fingerprint density at radius 1 is 1.18 bits per heavy atom. The Labute approximate surface area is 130 Å². The molecule has 4 nitrogen and oxygen atoms in total. The predicted octanol–water partition coefficient (Wildman–Crippen LogP) is 3.10. The summed E-state index contributed by atoms with van der Waals surface area (Å²) in [7, 11) is 0. The van der Waals surface area contributed by atoms with Gasteiger partial charge in [-0.25, -0.2) is 9.67 Å². The van der Waals surface area contributed by atoms with Gasteiger partial charge < -0.3 is 5.32 Å². The van der Waals surface area contributed by atoms with Crippen LogP contribution in [0.3, 0.4) is 0 Å². The molecule has 0 fully saturated rings. The van der Waals surface area contributed by atoms with Gasteiger partial charge >= 0.3 is 0 Å². The van der Waals surface area contributed by atoms with E-state index in [1.54, 1.807) is 6.33 Å². The summed E-state index contributed by atoms with van der Waals surface area (Å²) in [6, 6.07) is 15.9. The number of nitrogens with one attached hydrogen (secondary N) is 1. The van der Waals surface area contributed by atoms with Gasteiger partial charge in [0.2, 0.25) is 0 Å². The number of aromatic nitrogens is 3. The molecule has 1 aliphatic rings. The van der Waals surface area contributed by atoms with Crippen LogP contribution in [0.4, 0.5) is 0 Å². The summed E-state index contributed by atoms with van der Waals surface area (Å²) in [5.41, 5.74) is 1.36. The second-order valence-corrected chi connectivity index (χ2v) is 6.05. The summed E-state index contributed by atoms with van der Waals surface area (Å²) >= 11 is 0. The molecule has 4 rings (SSSR count). The van der Waals surface area contributed by atoms with Gasteiger partial charge in [0, 0.05) is 18.5 Å². The number of hydrogen-bond donors (Lipinski definition) is 1. The molecule has 0 spiro atoms. The standard InChI is InChI=1S/C18H20N4/c1-13(16-8-4-6-14-5-2-3-7-17(14)16)21-15-9-10-18-19-12-20-22(18)11-15/h2-8,12-13,15,21H,9-11H2,1H3/t13-,15+/m0/s1. The van der Waals surface area contributed by atoms with Gasteiger partial charge in [0.25, 0.3) is 0 Å². The highest BCUT2D eigenvalue weighted by molar-refractivity contribution is 5.86. The molecule has 0 radical (unpaired) electrons. The molecule has 1 aromatic heterocycles. The van der Waals surface area contributed by atoms with E-state index in [9.17, 15) is 0 Å². The van der Waals surface area contributed by atoms with E-state index in [4.69, 9.17) is 0 Å². The molecule has 0 bridgehead atoms. The van der Waals surface area contributed by atoms with Gasteiger partial charge in [-0.1, -0.05) is 42.5 Å². The summed E-state index contributed by atoms with van der Waals surface area (Å²) in [5.74, 6) is 1.11. The van der Waals surface area contributed by atoms with Gasteiger partial charge in [0.05, 0.1) is 6.54 Å². The van der Waals surface area contributed by atoms with E-state index in [-0.39, 0.29) is 0 Å². The summed E-state index contributed by atoms with van der Waals surface area (Å²) < 4.78 is 2.02. The molecule has 0 aliphatic carbocycles. The zero-order valence-electron chi connectivity index (χ0n) is 12.7. The number of hydrogen-bond acceptors (Lipinski definition) is 3. The third-order valence-electron chi connectivity index (χ3n) is 4.58. The van der Waals surface area contributed by atoms with E-state index in [1.807, 2.05) is 4.68 Å². The fourth-order valence-corrected chi connectivity index (χ4v) is 3.45. The van der Waals surface area contributed by atoms with Crippen molar-refractivity contribution in [3.8, 4) is 0 Å². The van der Waals surface area contributed by atoms with E-state index in [0.29, 0.717) is 12.1 Å². The van der Waals surface area contributed by atoms with Crippen LogP contribution in [0.25, 0.3) is 10.8 Å². The maximum absolute atomic E-state index is 4.30. The Morgan fingerprint density at radius 3 is 3.00 bits per heavy atom. The van der Waals surface area contributed by atoms with Gasteiger partial charge in [-0.05, 0) is 29.7 Å². The van der Waals surface area contributed by atoms with Crippen LogP contribution in [0.15, 0.2) is 48.8 Å². The summed E-state index contributed by atoms with van der Waals surface area (Å²) in [4.78, 5) is 4.29. The highest BCUT2D eigenvalue weighted by Crippen LogP contribution is 2.25. The number of aryl methyl sites for hydroxylation is 1. The quantitative estimate of drug-likeness (QED) is 0.806. The first-order chi connectivity index (χ1) is 10.8. The molecular formula is C18H20N4. The summed E-state index contributed by atoms with van der Waals surface area (Å²) in [5, 5.41) is 10.7. The van der Waals surface area contributed by atoms with Crippen molar-refractivity contribution in [1.29, 1.82) is 0 Å². The van der Waals surface area contributed by atoms with Crippen molar-refractivity contribution in [2.24, 2.45) is 0 Å². The van der Waals surface area contributed by atoms with Crippen LogP contribution in [-0.2, 0) is 13.0 Å². The minimum Gasteiger partial charge on any atom is -0.306 e. The minimum atomic E-state index is 0.321. The number of benzene rings is 2. The fourth-order valence-electron chi connectivity index (χ4n) is 3.45. The molecule has 1 aliphatic heterocycles. The van der Waals surface area contributed by atoms with Crippen LogP contribution in [-0.4, -0.2) is 20.8 Å². The lowest BCUT2D eigenvalue weighted by Gasteiger charge is -2.27. The smallest absolute Gasteiger partial charge is 0.138 e. The van der Waals surface area contributed by atoms with Crippen molar-refractivity contribution >= 4 is 10.8 Å². The third-order valence-corrected chi connectivity index (χ3v) is 4.58. The summed E-state index contributed by atoms with van der Waals surface area (Å²) in [6.07, 6.45) is 3.78. The molecule has 2 aromatic carbocycles. The topological polar surface area (TPSA) is 42.7 Å². The SMILES string of the molecule is C[C@H](N[C@@H]1CCc2ncnn2C1)c1cccc2ccccc12. The lowest BCUT2D eigenvalue weighted by atomic mass is 9.98. The zero-order chi connectivity index (χ0) is 14.9. The van der Waals surface area contributed by atoms with Gasteiger partial charge in [-0.15, -0.1) is 0 Å². The summed E-state index contributed by atoms with van der Waals surface area (Å²) in [6.45, 7) is 3.16. The fraction of sp³-hybridized carbons (Fsp3) is 0.333. The van der Waals surface area contributed by atoms with Crippen LogP contribution >= 0.6 is 0 Å². The first-order valence-corrected chi connectivity index (χ1v) is 7.91. The third kappa shape index (κ3) is 2.40. The second-order valence-electron chi connectivity index (χ2n) is 6.05. The predicted molar refractivity (Wildman–Crippen MR) is 87.6 cm³/mol. The zero-order valence-corrected chi connectivity index (χ0v) is 12.7. The molecule has 0 amide bonds. The van der Waals surface area contributed by atoms with Crippen LogP contribution in [0.2, 0.25) is 0 Å². The second kappa shape index (κ2) is 5.54. The van der Waals surface area contributed by atoms with Crippen LogP contribution in [0.1, 0.15) is 30.8 Å². The Kier molecular flexibility index (Phi) is 3.39. The lowest BCUT2D eigenvalue weighted by Crippen LogP contribution is -2.39. The van der Waals surface area contributed by atoms with Crippen molar-refractivity contribution in [3.63, 3.8) is 0 Å². The Morgan fingerprint density at radius 2 is 2.05 bits per heavy atom. The average Bonchev–Trinajstić information content (AvgIpc) is 3.02. The number of fused-ring (bicyclic) bond motifs is 2. The Bertz CT molecular complexity index is 787. The largest absolute Gasteiger partial charge is 0.306 e. The molecule has 0 saturated carbocycles. The van der Waals surface area contributed by atoms with E-state index >= 15 is 0 Å². The Balaban J connectivity index is 1.56. The van der Waals surface area contributed by atoms with E-state index in [0.717, 1.165) is 25.2 Å². The molecule has 4 heteroatoms. The molecule has 22 heavy (non-hydrogen) atoms. The molecule has 1 N–H and O–H groups in total. The molecule has 0 unspecified atom stereocenters. The molecule has 0 saturated heterocycles. The number of nitrogens with zero attached hydrogens (tertiary/aromatic N) is 3. The van der Waals surface area contributed by atoms with Gasteiger partial charge in [0.15, 0.2) is 0 Å². The minimum absolute atomic E-state index is 0.321. The molecule has 2 atom stereocenters. The molecular weight excluding hydrogens is 272 g/mol. The highest BCUT2D eigenvalue weighted by atomic mass is 15.3. The molecule has 2 heterocycles. The van der Waals surface area contributed by atoms with Crippen LogP contribution < -0.4 is 5.32 Å². The van der Waals surface area contributed by atoms with Crippen molar-refractivity contribution in [1.82, 2.24) is 20.1 Å².